The van der Waals surface area contributed by atoms with E-state index in [4.69, 9.17) is 19.2 Å². The fourth-order valence-corrected chi connectivity index (χ4v) is 9.46. The zero-order chi connectivity index (χ0) is 38.5. The Labute approximate surface area is 314 Å². The van der Waals surface area contributed by atoms with Gasteiger partial charge in [-0.15, -0.1) is 0 Å². The van der Waals surface area contributed by atoms with Crippen molar-refractivity contribution < 1.29 is 46.9 Å². The van der Waals surface area contributed by atoms with E-state index >= 15 is 0 Å². The van der Waals surface area contributed by atoms with E-state index < -0.39 is 67.7 Å². The summed E-state index contributed by atoms with van der Waals surface area (Å²) >= 11 is 0. The molecule has 1 aromatic heterocycles. The van der Waals surface area contributed by atoms with Crippen molar-refractivity contribution in [3.63, 3.8) is 0 Å². The highest BCUT2D eigenvalue weighted by atomic mass is 32.2. The number of rotatable bonds is 8. The number of nitrogens with zero attached hydrogens (tertiary/aromatic N) is 2. The number of aromatic nitrogens is 1. The number of aryl methyl sites for hydroxylation is 2. The van der Waals surface area contributed by atoms with Gasteiger partial charge in [-0.05, 0) is 83.4 Å². The van der Waals surface area contributed by atoms with Crippen LogP contribution in [-0.4, -0.2) is 102 Å². The average molecular weight is 768 g/mol. The summed E-state index contributed by atoms with van der Waals surface area (Å²) in [5.74, 6) is -1.23. The minimum absolute atomic E-state index is 0.00589. The molecule has 16 heteroatoms. The van der Waals surface area contributed by atoms with Gasteiger partial charge in [0.1, 0.15) is 41.3 Å². The number of pyridine rings is 1. The van der Waals surface area contributed by atoms with Crippen LogP contribution >= 0.6 is 0 Å². The Hall–Kier alpha value is -4.44. The molecule has 5 aliphatic rings. The van der Waals surface area contributed by atoms with Crippen LogP contribution in [0.25, 0.3) is 10.9 Å². The number of methoxy groups -OCH3 is 1. The van der Waals surface area contributed by atoms with E-state index in [0.717, 1.165) is 29.3 Å². The van der Waals surface area contributed by atoms with E-state index in [1.54, 1.807) is 14.0 Å². The molecule has 2 aliphatic carbocycles. The summed E-state index contributed by atoms with van der Waals surface area (Å²) in [6, 6.07) is 3.42. The first-order valence-corrected chi connectivity index (χ1v) is 20.3. The smallest absolute Gasteiger partial charge is 0.405 e. The van der Waals surface area contributed by atoms with Crippen LogP contribution in [0, 0.1) is 12.8 Å². The van der Waals surface area contributed by atoms with Gasteiger partial charge in [0.15, 0.2) is 0 Å². The second-order valence-electron chi connectivity index (χ2n) is 15.7. The quantitative estimate of drug-likeness (QED) is 0.227. The molecule has 292 valence electrons. The molecule has 15 nitrogen and oxygen atoms in total. The number of carbonyl (C=O) groups is 4. The monoisotopic (exact) mass is 767 g/mol. The van der Waals surface area contributed by atoms with E-state index in [1.165, 1.54) is 4.90 Å². The number of allylic oxidation sites excluding steroid dienone is 1. The van der Waals surface area contributed by atoms with Crippen molar-refractivity contribution in [3.05, 3.63) is 41.6 Å². The third-order valence-electron chi connectivity index (χ3n) is 11.8. The highest BCUT2D eigenvalue weighted by molar-refractivity contribution is 7.91. The maximum absolute atomic E-state index is 14.5. The van der Waals surface area contributed by atoms with Crippen LogP contribution in [0.2, 0.25) is 0 Å². The van der Waals surface area contributed by atoms with Gasteiger partial charge in [0.25, 0.3) is 5.91 Å². The summed E-state index contributed by atoms with van der Waals surface area (Å²) in [6.45, 7) is 4.24. The number of ether oxygens (including phenoxy) is 3. The number of fused-ring (bicyclic) bond motifs is 5. The lowest BCUT2D eigenvalue weighted by atomic mass is 9.87. The first-order valence-electron chi connectivity index (χ1n) is 18.8. The number of benzene rings is 1. The standard InChI is InChI=1S/C38H49N5O10S/c1-23-31-26(27-19-25(52-18-17-51-3)11-12-28(27)39-23)13-14-37(53-31)21-30-32(44)41-38(34(46)42-54(49,50)36(2)15-16-36)20-24(38)9-7-5-4-6-8-10-29(40-35(47)48)33(45)43(30)22-37/h7,9,11-12,19,24,29-30,40H,4-6,8,10,13-18,20-22H2,1-3H3,(H,41,44)(H,42,46)(H,47,48)/t24-,29+,30+,37-,38-/m1/s1. The van der Waals surface area contributed by atoms with Crippen molar-refractivity contribution in [1.82, 2.24) is 25.2 Å². The fourth-order valence-electron chi connectivity index (χ4n) is 8.15. The Morgan fingerprint density at radius 3 is 2.67 bits per heavy atom. The molecule has 54 heavy (non-hydrogen) atoms. The Bertz CT molecular complexity index is 2000. The number of hydrogen-bond donors (Lipinski definition) is 4. The molecule has 1 aromatic carbocycles. The van der Waals surface area contributed by atoms with Crippen LogP contribution in [0.5, 0.6) is 11.5 Å². The van der Waals surface area contributed by atoms with Crippen molar-refractivity contribution in [2.75, 3.05) is 26.9 Å². The van der Waals surface area contributed by atoms with Gasteiger partial charge in [-0.25, -0.2) is 18.2 Å². The van der Waals surface area contributed by atoms with Crippen molar-refractivity contribution >= 4 is 44.7 Å². The van der Waals surface area contributed by atoms with Gasteiger partial charge < -0.3 is 34.9 Å². The molecule has 4 heterocycles. The molecule has 4 amide bonds. The molecule has 3 aliphatic heterocycles. The number of hydrogen-bond acceptors (Lipinski definition) is 10. The third kappa shape index (κ3) is 7.21. The van der Waals surface area contributed by atoms with E-state index in [0.29, 0.717) is 68.9 Å². The zero-order valence-electron chi connectivity index (χ0n) is 30.9. The number of nitrogens with one attached hydrogen (secondary N) is 3. The van der Waals surface area contributed by atoms with Gasteiger partial charge in [-0.3, -0.25) is 19.1 Å². The Kier molecular flexibility index (Phi) is 10.0. The molecule has 2 saturated carbocycles. The van der Waals surface area contributed by atoms with Crippen molar-refractivity contribution in [2.24, 2.45) is 5.92 Å². The minimum Gasteiger partial charge on any atom is -0.491 e. The molecule has 0 bridgehead atoms. The van der Waals surface area contributed by atoms with Gasteiger partial charge in [-0.1, -0.05) is 25.0 Å². The van der Waals surface area contributed by atoms with E-state index in [1.807, 2.05) is 37.3 Å². The summed E-state index contributed by atoms with van der Waals surface area (Å²) in [4.78, 5) is 60.8. The summed E-state index contributed by atoms with van der Waals surface area (Å²) < 4.78 is 45.3. The second-order valence-corrected chi connectivity index (χ2v) is 17.9. The largest absolute Gasteiger partial charge is 0.491 e. The topological polar surface area (TPSA) is 203 Å². The van der Waals surface area contributed by atoms with E-state index in [-0.39, 0.29) is 25.8 Å². The number of carbonyl (C=O) groups excluding carboxylic acids is 3. The zero-order valence-corrected chi connectivity index (χ0v) is 31.8. The molecular formula is C38H49N5O10S. The first-order chi connectivity index (χ1) is 25.7. The Morgan fingerprint density at radius 2 is 1.93 bits per heavy atom. The van der Waals surface area contributed by atoms with Crippen LogP contribution < -0.4 is 24.8 Å². The predicted molar refractivity (Wildman–Crippen MR) is 197 cm³/mol. The molecular weight excluding hydrogens is 719 g/mol. The maximum Gasteiger partial charge on any atom is 0.405 e. The SMILES string of the molecule is COCCOc1ccc2nc(C)c3c(c2c1)CC[C@]1(C[C@H]2C(=O)N[C@]4(C(=O)NS(=O)(=O)C5(C)CC5)C[C@H]4C=CCCCCC[C@H](NC(=O)O)C(=O)N2C1)O3. The van der Waals surface area contributed by atoms with Crippen molar-refractivity contribution in [1.29, 1.82) is 0 Å². The Morgan fingerprint density at radius 1 is 1.13 bits per heavy atom. The van der Waals surface area contributed by atoms with E-state index in [9.17, 15) is 32.7 Å². The van der Waals surface area contributed by atoms with Crippen molar-refractivity contribution in [3.8, 4) is 11.5 Å². The normalized spacial score (nSPS) is 29.1. The van der Waals surface area contributed by atoms with Crippen LogP contribution in [0.4, 0.5) is 4.79 Å². The van der Waals surface area contributed by atoms with Gasteiger partial charge in [0.05, 0.1) is 29.1 Å². The molecule has 2 aromatic rings. The molecule has 7 rings (SSSR count). The maximum atomic E-state index is 14.5. The third-order valence-corrected chi connectivity index (χ3v) is 14.0. The summed E-state index contributed by atoms with van der Waals surface area (Å²) in [5.41, 5.74) is -0.212. The number of amides is 4. The number of carboxylic acid groups (broad SMARTS) is 1. The number of sulfonamides is 1. The van der Waals surface area contributed by atoms with E-state index in [2.05, 4.69) is 15.4 Å². The first kappa shape index (κ1) is 37.9. The van der Waals surface area contributed by atoms with Crippen molar-refractivity contribution in [2.45, 2.75) is 112 Å². The molecule has 5 atom stereocenters. The lowest BCUT2D eigenvalue weighted by Crippen LogP contribution is -2.58. The second kappa shape index (κ2) is 14.3. The van der Waals surface area contributed by atoms with Gasteiger partial charge in [0.2, 0.25) is 21.8 Å². The molecule has 1 spiro atoms. The molecule has 0 radical (unpaired) electrons. The van der Waals surface area contributed by atoms with Crippen LogP contribution in [0.1, 0.15) is 82.4 Å². The molecule has 1 saturated heterocycles. The summed E-state index contributed by atoms with van der Waals surface area (Å²) in [7, 11) is -2.39. The minimum atomic E-state index is -4.00. The molecule has 3 fully saturated rings. The highest BCUT2D eigenvalue weighted by Crippen LogP contribution is 2.49. The van der Waals surface area contributed by atoms with Gasteiger partial charge in [0, 0.05) is 30.4 Å². The lowest BCUT2D eigenvalue weighted by Gasteiger charge is -2.36. The van der Waals surface area contributed by atoms with Crippen LogP contribution in [0.15, 0.2) is 30.4 Å². The Balaban J connectivity index is 1.22. The molecule has 4 N–H and O–H groups in total. The van der Waals surface area contributed by atoms with Gasteiger partial charge >= 0.3 is 6.09 Å². The summed E-state index contributed by atoms with van der Waals surface area (Å²) in [5, 5.41) is 15.8. The predicted octanol–water partition coefficient (Wildman–Crippen LogP) is 3.26. The van der Waals surface area contributed by atoms with Crippen LogP contribution in [0.3, 0.4) is 0 Å². The summed E-state index contributed by atoms with van der Waals surface area (Å²) in [6.07, 6.45) is 7.52. The average Bonchev–Trinajstić information content (AvgIpc) is 4.02. The lowest BCUT2D eigenvalue weighted by molar-refractivity contribution is -0.141. The highest BCUT2D eigenvalue weighted by Gasteiger charge is 2.64. The van der Waals surface area contributed by atoms with Gasteiger partial charge in [-0.2, -0.15) is 0 Å². The molecule has 0 unspecified atom stereocenters. The fraction of sp³-hybridized carbons (Fsp3) is 0.605. The van der Waals surface area contributed by atoms with Crippen LogP contribution in [-0.2, 0) is 35.6 Å².